The molecule has 3 heteroatoms. The van der Waals surface area contributed by atoms with Crippen LogP contribution in [0.4, 0.5) is 0 Å². The molecule has 4 aromatic rings. The summed E-state index contributed by atoms with van der Waals surface area (Å²) in [4.78, 5) is 14.4. The molecule has 0 saturated carbocycles. The number of benzene rings is 4. The number of hydrogen-bond acceptors (Lipinski definition) is 2. The smallest absolute Gasteiger partial charge is 0.305 e. The standard InChI is InChI=1S/C31H31NO2/c1-23-16-18-27(19-17-23)28-14-9-15-29(20-28)30(21-31(33)34)32(22-25-10-5-3-6-11-25)24(2)26-12-7-4-8-13-26/h3-20,24,30H,21-22H2,1-2H3,(H,33,34). The summed E-state index contributed by atoms with van der Waals surface area (Å²) in [5, 5.41) is 9.90. The highest BCUT2D eigenvalue weighted by molar-refractivity contribution is 5.69. The maximum Gasteiger partial charge on any atom is 0.305 e. The molecule has 1 N–H and O–H groups in total. The molecule has 3 nitrogen and oxygen atoms in total. The molecule has 0 aliphatic heterocycles. The van der Waals surface area contributed by atoms with Gasteiger partial charge in [-0.2, -0.15) is 0 Å². The SMILES string of the molecule is Cc1ccc(-c2cccc(C(CC(=O)O)N(Cc3ccccc3)C(C)c3ccccc3)c2)cc1. The largest absolute Gasteiger partial charge is 0.481 e. The first kappa shape index (κ1) is 23.5. The molecule has 0 aromatic heterocycles. The van der Waals surface area contributed by atoms with Crippen LogP contribution in [0, 0.1) is 6.92 Å². The molecule has 0 spiro atoms. The Balaban J connectivity index is 1.77. The first-order chi connectivity index (χ1) is 16.5. The van der Waals surface area contributed by atoms with Gasteiger partial charge in [-0.15, -0.1) is 0 Å². The summed E-state index contributed by atoms with van der Waals surface area (Å²) in [6.45, 7) is 4.90. The zero-order valence-electron chi connectivity index (χ0n) is 19.8. The number of carboxylic acid groups (broad SMARTS) is 1. The first-order valence-electron chi connectivity index (χ1n) is 11.7. The molecule has 172 valence electrons. The summed E-state index contributed by atoms with van der Waals surface area (Å²) in [6, 6.07) is 37.1. The van der Waals surface area contributed by atoms with Crippen molar-refractivity contribution in [3.8, 4) is 11.1 Å². The summed E-state index contributed by atoms with van der Waals surface area (Å²) in [6.07, 6.45) is 0.0291. The number of nitrogens with zero attached hydrogens (tertiary/aromatic N) is 1. The lowest BCUT2D eigenvalue weighted by Gasteiger charge is -2.37. The number of rotatable bonds is 9. The molecule has 0 aliphatic rings. The van der Waals surface area contributed by atoms with E-state index in [1.54, 1.807) is 0 Å². The number of aliphatic carboxylic acids is 1. The van der Waals surface area contributed by atoms with Gasteiger partial charge in [0.15, 0.2) is 0 Å². The van der Waals surface area contributed by atoms with Crippen LogP contribution >= 0.6 is 0 Å². The van der Waals surface area contributed by atoms with Crippen LogP contribution in [-0.4, -0.2) is 16.0 Å². The molecular formula is C31H31NO2. The summed E-state index contributed by atoms with van der Waals surface area (Å²) in [5.74, 6) is -0.802. The van der Waals surface area contributed by atoms with Gasteiger partial charge >= 0.3 is 5.97 Å². The average Bonchev–Trinajstić information content (AvgIpc) is 2.87. The van der Waals surface area contributed by atoms with Crippen molar-refractivity contribution in [1.29, 1.82) is 0 Å². The Morgan fingerprint density at radius 1 is 0.765 bits per heavy atom. The highest BCUT2D eigenvalue weighted by Gasteiger charge is 2.28. The summed E-state index contributed by atoms with van der Waals surface area (Å²) < 4.78 is 0. The Bertz CT molecular complexity index is 1200. The third-order valence-electron chi connectivity index (χ3n) is 6.41. The van der Waals surface area contributed by atoms with Crippen molar-refractivity contribution < 1.29 is 9.90 Å². The second kappa shape index (κ2) is 11.0. The van der Waals surface area contributed by atoms with E-state index < -0.39 is 5.97 Å². The molecular weight excluding hydrogens is 418 g/mol. The van der Waals surface area contributed by atoms with Gasteiger partial charge in [0.25, 0.3) is 0 Å². The Labute approximate surface area is 202 Å². The second-order valence-corrected chi connectivity index (χ2v) is 8.85. The zero-order chi connectivity index (χ0) is 23.9. The lowest BCUT2D eigenvalue weighted by atomic mass is 9.94. The van der Waals surface area contributed by atoms with Gasteiger partial charge in [0, 0.05) is 18.6 Å². The highest BCUT2D eigenvalue weighted by Crippen LogP contribution is 2.36. The van der Waals surface area contributed by atoms with Crippen LogP contribution in [0.15, 0.2) is 109 Å². The topological polar surface area (TPSA) is 40.5 Å². The summed E-state index contributed by atoms with van der Waals surface area (Å²) in [5.41, 5.74) is 6.79. The molecule has 0 radical (unpaired) electrons. The van der Waals surface area contributed by atoms with Crippen molar-refractivity contribution in [3.05, 3.63) is 131 Å². The van der Waals surface area contributed by atoms with E-state index in [9.17, 15) is 9.90 Å². The fraction of sp³-hybridized carbons (Fsp3) is 0.194. The molecule has 2 atom stereocenters. The zero-order valence-corrected chi connectivity index (χ0v) is 19.8. The van der Waals surface area contributed by atoms with Crippen molar-refractivity contribution >= 4 is 5.97 Å². The van der Waals surface area contributed by atoms with Crippen molar-refractivity contribution in [2.45, 2.75) is 38.9 Å². The van der Waals surface area contributed by atoms with Crippen molar-refractivity contribution in [3.63, 3.8) is 0 Å². The summed E-state index contributed by atoms with van der Waals surface area (Å²) in [7, 11) is 0. The maximum atomic E-state index is 12.1. The number of hydrogen-bond donors (Lipinski definition) is 1. The first-order valence-corrected chi connectivity index (χ1v) is 11.7. The molecule has 4 rings (SSSR count). The van der Waals surface area contributed by atoms with E-state index in [0.717, 1.165) is 22.3 Å². The van der Waals surface area contributed by atoms with E-state index in [0.29, 0.717) is 6.54 Å². The fourth-order valence-corrected chi connectivity index (χ4v) is 4.50. The molecule has 0 amide bonds. The molecule has 2 unspecified atom stereocenters. The van der Waals surface area contributed by atoms with Gasteiger partial charge in [-0.05, 0) is 47.7 Å². The van der Waals surface area contributed by atoms with E-state index in [-0.39, 0.29) is 18.5 Å². The lowest BCUT2D eigenvalue weighted by molar-refractivity contribution is -0.138. The van der Waals surface area contributed by atoms with Crippen LogP contribution in [0.1, 0.15) is 47.7 Å². The van der Waals surface area contributed by atoms with E-state index >= 15 is 0 Å². The monoisotopic (exact) mass is 449 g/mol. The number of aryl methyl sites for hydroxylation is 1. The van der Waals surface area contributed by atoms with Crippen LogP contribution in [0.25, 0.3) is 11.1 Å². The van der Waals surface area contributed by atoms with Crippen LogP contribution < -0.4 is 0 Å². The van der Waals surface area contributed by atoms with E-state index in [2.05, 4.69) is 85.5 Å². The summed E-state index contributed by atoms with van der Waals surface area (Å²) >= 11 is 0. The van der Waals surface area contributed by atoms with Gasteiger partial charge in [-0.1, -0.05) is 109 Å². The minimum Gasteiger partial charge on any atom is -0.481 e. The lowest BCUT2D eigenvalue weighted by Crippen LogP contribution is -2.32. The molecule has 0 bridgehead atoms. The normalized spacial score (nSPS) is 12.9. The molecule has 0 heterocycles. The van der Waals surface area contributed by atoms with Gasteiger partial charge in [-0.25, -0.2) is 0 Å². The Hall–Kier alpha value is -3.69. The average molecular weight is 450 g/mol. The molecule has 34 heavy (non-hydrogen) atoms. The van der Waals surface area contributed by atoms with Gasteiger partial charge in [-0.3, -0.25) is 9.69 Å². The predicted molar refractivity (Wildman–Crippen MR) is 138 cm³/mol. The minimum absolute atomic E-state index is 0.0291. The fourth-order valence-electron chi connectivity index (χ4n) is 4.50. The Kier molecular flexibility index (Phi) is 7.56. The van der Waals surface area contributed by atoms with Crippen molar-refractivity contribution in [2.75, 3.05) is 0 Å². The van der Waals surface area contributed by atoms with E-state index in [4.69, 9.17) is 0 Å². The van der Waals surface area contributed by atoms with Crippen molar-refractivity contribution in [1.82, 2.24) is 4.90 Å². The molecule has 0 aliphatic carbocycles. The van der Waals surface area contributed by atoms with E-state index in [1.165, 1.54) is 11.1 Å². The quantitative estimate of drug-likeness (QED) is 0.289. The third-order valence-corrected chi connectivity index (χ3v) is 6.41. The van der Waals surface area contributed by atoms with Gasteiger partial charge in [0.1, 0.15) is 0 Å². The van der Waals surface area contributed by atoms with Gasteiger partial charge in [0.05, 0.1) is 6.42 Å². The van der Waals surface area contributed by atoms with Gasteiger partial charge in [0.2, 0.25) is 0 Å². The Morgan fingerprint density at radius 2 is 1.38 bits per heavy atom. The maximum absolute atomic E-state index is 12.1. The van der Waals surface area contributed by atoms with Crippen LogP contribution in [0.2, 0.25) is 0 Å². The predicted octanol–water partition coefficient (Wildman–Crippen LogP) is 7.44. The van der Waals surface area contributed by atoms with Crippen LogP contribution in [0.3, 0.4) is 0 Å². The molecule has 0 fully saturated rings. The number of carbonyl (C=O) groups is 1. The van der Waals surface area contributed by atoms with Crippen LogP contribution in [0.5, 0.6) is 0 Å². The molecule has 0 saturated heterocycles. The number of carboxylic acids is 1. The van der Waals surface area contributed by atoms with E-state index in [1.807, 2.05) is 42.5 Å². The van der Waals surface area contributed by atoms with Crippen molar-refractivity contribution in [2.24, 2.45) is 0 Å². The molecule has 4 aromatic carbocycles. The van der Waals surface area contributed by atoms with Crippen LogP contribution in [-0.2, 0) is 11.3 Å². The second-order valence-electron chi connectivity index (χ2n) is 8.85. The minimum atomic E-state index is -0.802. The highest BCUT2D eigenvalue weighted by atomic mass is 16.4. The third kappa shape index (κ3) is 5.81. The van der Waals surface area contributed by atoms with Gasteiger partial charge < -0.3 is 5.11 Å². The Morgan fingerprint density at radius 3 is 2.03 bits per heavy atom.